The van der Waals surface area contributed by atoms with Crippen LogP contribution in [0.15, 0.2) is 36.8 Å². The van der Waals surface area contributed by atoms with Gasteiger partial charge in [0.1, 0.15) is 5.82 Å². The van der Waals surface area contributed by atoms with Gasteiger partial charge in [0.25, 0.3) is 0 Å². The first-order valence-corrected chi connectivity index (χ1v) is 11.0. The van der Waals surface area contributed by atoms with Gasteiger partial charge in [-0.05, 0) is 70.3 Å². The van der Waals surface area contributed by atoms with Gasteiger partial charge in [0.05, 0.1) is 17.2 Å². The van der Waals surface area contributed by atoms with Gasteiger partial charge in [-0.3, -0.25) is 9.67 Å². The second-order valence-electron chi connectivity index (χ2n) is 8.19. The number of nitrogens with one attached hydrogen (secondary N) is 2. The average molecular weight is 424 g/mol. The number of aromatic nitrogens is 4. The Kier molecular flexibility index (Phi) is 6.54. The van der Waals surface area contributed by atoms with Gasteiger partial charge in [-0.25, -0.2) is 4.98 Å². The van der Waals surface area contributed by atoms with E-state index in [1.54, 1.807) is 0 Å². The van der Waals surface area contributed by atoms with Crippen LogP contribution in [0.3, 0.4) is 0 Å². The lowest BCUT2D eigenvalue weighted by Crippen LogP contribution is -2.36. The van der Waals surface area contributed by atoms with Gasteiger partial charge in [0.2, 0.25) is 0 Å². The maximum Gasteiger partial charge on any atom is 0.172 e. The molecule has 7 nitrogen and oxygen atoms in total. The first-order valence-electron chi connectivity index (χ1n) is 10.6. The van der Waals surface area contributed by atoms with Crippen molar-refractivity contribution in [3.8, 4) is 11.1 Å². The lowest BCUT2D eigenvalue weighted by atomic mass is 10.1. The summed E-state index contributed by atoms with van der Waals surface area (Å²) in [5, 5.41) is 11.7. The summed E-state index contributed by atoms with van der Waals surface area (Å²) in [6, 6.07) is 6.42. The highest BCUT2D eigenvalue weighted by atomic mass is 32.1. The normalized spacial score (nSPS) is 14.5. The second kappa shape index (κ2) is 9.49. The van der Waals surface area contributed by atoms with E-state index in [1.807, 2.05) is 29.2 Å². The standard InChI is InChI=1S/C22H29N7S/c1-28(2)10-5-11-29-15-17(14-24-29)16-12-20-19(23-13-16)8-9-21(26-20)27-22(30)25-18-6-3-4-7-18/h8-9,12-15,18H,3-7,10-11H2,1-2H3,(H2,25,26,27,30). The minimum absolute atomic E-state index is 0.480. The lowest BCUT2D eigenvalue weighted by molar-refractivity contribution is 0.380. The lowest BCUT2D eigenvalue weighted by Gasteiger charge is -2.15. The maximum absolute atomic E-state index is 5.46. The predicted octanol–water partition coefficient (Wildman–Crippen LogP) is 3.67. The van der Waals surface area contributed by atoms with Crippen LogP contribution >= 0.6 is 12.2 Å². The highest BCUT2D eigenvalue weighted by molar-refractivity contribution is 7.80. The van der Waals surface area contributed by atoms with Crippen LogP contribution in [0.4, 0.5) is 5.82 Å². The Hall–Kier alpha value is -2.58. The smallest absolute Gasteiger partial charge is 0.172 e. The van der Waals surface area contributed by atoms with Crippen molar-refractivity contribution >= 4 is 34.2 Å². The molecule has 1 aliphatic carbocycles. The van der Waals surface area contributed by atoms with E-state index in [0.29, 0.717) is 11.2 Å². The Bertz CT molecular complexity index is 1010. The van der Waals surface area contributed by atoms with Crippen molar-refractivity contribution in [3.63, 3.8) is 0 Å². The summed E-state index contributed by atoms with van der Waals surface area (Å²) in [6.45, 7) is 1.95. The number of hydrogen-bond donors (Lipinski definition) is 2. The largest absolute Gasteiger partial charge is 0.360 e. The van der Waals surface area contributed by atoms with Gasteiger partial charge in [0.15, 0.2) is 5.11 Å². The third kappa shape index (κ3) is 5.31. The summed E-state index contributed by atoms with van der Waals surface area (Å²) in [7, 11) is 4.17. The van der Waals surface area contributed by atoms with Crippen molar-refractivity contribution < 1.29 is 0 Å². The van der Waals surface area contributed by atoms with Crippen molar-refractivity contribution in [2.75, 3.05) is 26.0 Å². The first kappa shape index (κ1) is 20.7. The molecule has 0 saturated heterocycles. The van der Waals surface area contributed by atoms with Crippen molar-refractivity contribution in [1.82, 2.24) is 30.0 Å². The Balaban J connectivity index is 1.45. The second-order valence-corrected chi connectivity index (χ2v) is 8.60. The molecule has 4 rings (SSSR count). The van der Waals surface area contributed by atoms with Gasteiger partial charge in [-0.15, -0.1) is 0 Å². The summed E-state index contributed by atoms with van der Waals surface area (Å²) < 4.78 is 1.99. The van der Waals surface area contributed by atoms with Crippen LogP contribution in [0.5, 0.6) is 0 Å². The molecule has 158 valence electrons. The molecule has 0 amide bonds. The van der Waals surface area contributed by atoms with E-state index in [0.717, 1.165) is 47.5 Å². The Morgan fingerprint density at radius 2 is 2.00 bits per heavy atom. The Morgan fingerprint density at radius 1 is 1.17 bits per heavy atom. The molecule has 3 aromatic heterocycles. The molecule has 1 aliphatic rings. The highest BCUT2D eigenvalue weighted by Crippen LogP contribution is 2.23. The van der Waals surface area contributed by atoms with Crippen LogP contribution in [0, 0.1) is 0 Å². The molecule has 0 aromatic carbocycles. The van der Waals surface area contributed by atoms with Crippen LogP contribution < -0.4 is 10.6 Å². The van der Waals surface area contributed by atoms with Gasteiger partial charge in [-0.1, -0.05) is 12.8 Å². The van der Waals surface area contributed by atoms with Crippen molar-refractivity contribution in [3.05, 3.63) is 36.8 Å². The van der Waals surface area contributed by atoms with Crippen LogP contribution in [0.25, 0.3) is 22.2 Å². The fourth-order valence-electron chi connectivity index (χ4n) is 3.83. The molecule has 0 spiro atoms. The van der Waals surface area contributed by atoms with Crippen LogP contribution in [-0.4, -0.2) is 56.4 Å². The quantitative estimate of drug-likeness (QED) is 0.562. The summed E-state index contributed by atoms with van der Waals surface area (Å²) in [4.78, 5) is 11.5. The molecule has 2 N–H and O–H groups in total. The number of fused-ring (bicyclic) bond motifs is 1. The summed E-state index contributed by atoms with van der Waals surface area (Å²) in [6.07, 6.45) is 11.8. The minimum atomic E-state index is 0.480. The van der Waals surface area contributed by atoms with E-state index < -0.39 is 0 Å². The summed E-state index contributed by atoms with van der Waals surface area (Å²) in [5.41, 5.74) is 3.75. The van der Waals surface area contributed by atoms with Gasteiger partial charge in [0, 0.05) is 36.1 Å². The zero-order valence-electron chi connectivity index (χ0n) is 17.6. The van der Waals surface area contributed by atoms with Crippen molar-refractivity contribution in [1.29, 1.82) is 0 Å². The zero-order chi connectivity index (χ0) is 20.9. The molecular weight excluding hydrogens is 394 g/mol. The third-order valence-electron chi connectivity index (χ3n) is 5.43. The van der Waals surface area contributed by atoms with E-state index in [4.69, 9.17) is 17.2 Å². The molecule has 30 heavy (non-hydrogen) atoms. The predicted molar refractivity (Wildman–Crippen MR) is 126 cm³/mol. The van der Waals surface area contributed by atoms with Crippen LogP contribution in [0.1, 0.15) is 32.1 Å². The monoisotopic (exact) mass is 423 g/mol. The maximum atomic E-state index is 5.46. The van der Waals surface area contributed by atoms with E-state index in [9.17, 15) is 0 Å². The summed E-state index contributed by atoms with van der Waals surface area (Å²) >= 11 is 5.46. The number of pyridine rings is 2. The molecule has 8 heteroatoms. The summed E-state index contributed by atoms with van der Waals surface area (Å²) in [5.74, 6) is 0.733. The molecule has 0 aliphatic heterocycles. The third-order valence-corrected chi connectivity index (χ3v) is 5.65. The minimum Gasteiger partial charge on any atom is -0.360 e. The molecule has 1 fully saturated rings. The molecule has 3 heterocycles. The number of thiocarbonyl (C=S) groups is 1. The topological polar surface area (TPSA) is 70.9 Å². The van der Waals surface area contributed by atoms with Gasteiger partial charge < -0.3 is 15.5 Å². The van der Waals surface area contributed by atoms with Gasteiger partial charge >= 0.3 is 0 Å². The Labute approximate surface area is 182 Å². The van der Waals surface area contributed by atoms with Gasteiger partial charge in [-0.2, -0.15) is 5.10 Å². The molecule has 0 unspecified atom stereocenters. The molecule has 0 radical (unpaired) electrons. The number of aryl methyl sites for hydroxylation is 1. The van der Waals surface area contributed by atoms with E-state index in [1.165, 1.54) is 25.7 Å². The number of rotatable bonds is 7. The van der Waals surface area contributed by atoms with Crippen molar-refractivity contribution in [2.24, 2.45) is 0 Å². The van der Waals surface area contributed by atoms with E-state index >= 15 is 0 Å². The molecule has 0 bridgehead atoms. The number of hydrogen-bond acceptors (Lipinski definition) is 5. The fraction of sp³-hybridized carbons (Fsp3) is 0.455. The molecule has 0 atom stereocenters. The highest BCUT2D eigenvalue weighted by Gasteiger charge is 2.15. The number of nitrogens with zero attached hydrogens (tertiary/aromatic N) is 5. The first-order chi connectivity index (χ1) is 14.6. The fourth-order valence-corrected chi connectivity index (χ4v) is 4.10. The van der Waals surface area contributed by atoms with E-state index in [2.05, 4.69) is 52.0 Å². The molecule has 1 saturated carbocycles. The number of anilines is 1. The Morgan fingerprint density at radius 3 is 2.80 bits per heavy atom. The average Bonchev–Trinajstić information content (AvgIpc) is 3.39. The SMILES string of the molecule is CN(C)CCCn1cc(-c2cnc3ccc(NC(=S)NC4CCCC4)nc3c2)cn1. The van der Waals surface area contributed by atoms with E-state index in [-0.39, 0.29) is 0 Å². The van der Waals surface area contributed by atoms with Crippen LogP contribution in [-0.2, 0) is 6.54 Å². The van der Waals surface area contributed by atoms with Crippen molar-refractivity contribution in [2.45, 2.75) is 44.7 Å². The molecule has 3 aromatic rings. The zero-order valence-corrected chi connectivity index (χ0v) is 18.5. The van der Waals surface area contributed by atoms with Crippen LogP contribution in [0.2, 0.25) is 0 Å². The molecular formula is C22H29N7S.